The van der Waals surface area contributed by atoms with Crippen molar-refractivity contribution in [1.82, 2.24) is 40.8 Å². The number of H-pyrrole nitrogens is 2. The summed E-state index contributed by atoms with van der Waals surface area (Å²) < 4.78 is 79.4. The van der Waals surface area contributed by atoms with Crippen molar-refractivity contribution in [1.29, 1.82) is 0 Å². The normalized spacial score (nSPS) is 10.9. The number of anilines is 4. The van der Waals surface area contributed by atoms with Crippen LogP contribution in [0.2, 0.25) is 10.3 Å². The first-order valence-electron chi connectivity index (χ1n) is 23.2. The number of aromatic amines is 2. The quantitative estimate of drug-likeness (QED) is 0.0521. The summed E-state index contributed by atoms with van der Waals surface area (Å²) in [6.07, 6.45) is 3.18. The number of nitrogens with zero attached hydrogens (tertiary/aromatic N) is 8. The van der Waals surface area contributed by atoms with E-state index in [1.807, 2.05) is 72.4 Å². The molecule has 11 aromatic rings. The zero-order chi connectivity index (χ0) is 57.2. The fourth-order valence-corrected chi connectivity index (χ4v) is 8.10. The molecule has 5 heterocycles. The maximum Gasteiger partial charge on any atom is 0.347 e. The summed E-state index contributed by atoms with van der Waals surface area (Å²) in [5.74, 6) is -0.685. The molecule has 7 aromatic carbocycles. The average molecular weight is 1250 g/mol. The van der Waals surface area contributed by atoms with Crippen LogP contribution in [0.5, 0.6) is 11.5 Å². The number of esters is 2. The van der Waals surface area contributed by atoms with Gasteiger partial charge in [0.25, 0.3) is 11.1 Å². The molecule has 0 amide bonds. The van der Waals surface area contributed by atoms with Crippen LogP contribution >= 0.6 is 23.2 Å². The average Bonchev–Trinajstić information content (AvgIpc) is 3.76. The number of benzene rings is 7. The minimum absolute atomic E-state index is 0. The van der Waals surface area contributed by atoms with Crippen LogP contribution in [0, 0.1) is 36.5 Å². The molecule has 0 saturated heterocycles. The Bertz CT molecular complexity index is 4230. The van der Waals surface area contributed by atoms with E-state index >= 15 is 0 Å². The molecule has 0 aliphatic carbocycles. The van der Waals surface area contributed by atoms with Crippen molar-refractivity contribution in [3.05, 3.63) is 231 Å². The summed E-state index contributed by atoms with van der Waals surface area (Å²) in [7, 11) is 7.02. The molecule has 4 aromatic heterocycles. The van der Waals surface area contributed by atoms with Gasteiger partial charge in [-0.2, -0.15) is 10.2 Å². The first kappa shape index (κ1) is 61.9. The third-order valence-corrected chi connectivity index (χ3v) is 12.3. The van der Waals surface area contributed by atoms with E-state index < -0.39 is 34.7 Å². The number of rotatable bonds is 6. The van der Waals surface area contributed by atoms with E-state index in [0.29, 0.717) is 22.4 Å². The van der Waals surface area contributed by atoms with Crippen LogP contribution in [0.4, 0.5) is 45.0 Å². The number of halogens is 7. The third-order valence-electron chi connectivity index (χ3n) is 11.8. The molecule has 0 radical (unpaired) electrons. The van der Waals surface area contributed by atoms with Crippen LogP contribution in [0.25, 0.3) is 43.1 Å². The third kappa shape index (κ3) is 14.6. The minimum atomic E-state index is -0.783. The molecular weight excluding hydrogens is 1210 g/mol. The van der Waals surface area contributed by atoms with Gasteiger partial charge in [-0.3, -0.25) is 19.8 Å². The van der Waals surface area contributed by atoms with Gasteiger partial charge >= 0.3 is 11.9 Å². The van der Waals surface area contributed by atoms with Gasteiger partial charge in [-0.15, -0.1) is 20.4 Å². The molecule has 12 rings (SSSR count). The van der Waals surface area contributed by atoms with Crippen LogP contribution in [0.1, 0.15) is 20.7 Å². The number of cyclic esters (lactones) is 2. The molecule has 1 aliphatic heterocycles. The van der Waals surface area contributed by atoms with Crippen LogP contribution in [0.15, 0.2) is 162 Å². The molecular formula is C57H42Cl2F5N10O7Pd-. The number of nitrogens with one attached hydrogen (secondary N) is 2. The van der Waals surface area contributed by atoms with Gasteiger partial charge in [0.05, 0.1) is 48.5 Å². The first-order valence-corrected chi connectivity index (χ1v) is 24.0. The van der Waals surface area contributed by atoms with Crippen molar-refractivity contribution >= 4 is 101 Å². The molecule has 0 saturated carbocycles. The second-order valence-corrected chi connectivity index (χ2v) is 17.5. The van der Waals surface area contributed by atoms with Crippen LogP contribution in [-0.2, 0) is 25.2 Å². The van der Waals surface area contributed by atoms with Crippen molar-refractivity contribution < 1.29 is 66.2 Å². The van der Waals surface area contributed by atoms with Crippen LogP contribution in [-0.4, -0.2) is 81.0 Å². The molecule has 17 nitrogen and oxygen atoms in total. The van der Waals surface area contributed by atoms with Gasteiger partial charge in [-0.05, 0) is 140 Å². The Morgan fingerprint density at radius 2 is 0.866 bits per heavy atom. The smallest absolute Gasteiger partial charge is 0.347 e. The van der Waals surface area contributed by atoms with Gasteiger partial charge in [0.1, 0.15) is 40.6 Å². The van der Waals surface area contributed by atoms with Crippen molar-refractivity contribution in [2.24, 2.45) is 0 Å². The molecule has 25 heteroatoms. The Morgan fingerprint density at radius 3 is 1.43 bits per heavy atom. The molecule has 82 heavy (non-hydrogen) atoms. The summed E-state index contributed by atoms with van der Waals surface area (Å²) in [5.41, 5.74) is 1.05. The van der Waals surface area contributed by atoms with Crippen LogP contribution < -0.4 is 30.4 Å². The monoisotopic (exact) mass is 1250 g/mol. The van der Waals surface area contributed by atoms with Crippen LogP contribution in [0.3, 0.4) is 0 Å². The van der Waals surface area contributed by atoms with E-state index in [4.69, 9.17) is 32.7 Å². The van der Waals surface area contributed by atoms with E-state index in [0.717, 1.165) is 68.7 Å². The van der Waals surface area contributed by atoms with Crippen molar-refractivity contribution in [3.63, 3.8) is 0 Å². The summed E-state index contributed by atoms with van der Waals surface area (Å²) in [4.78, 5) is 47.6. The number of methoxy groups -OCH3 is 2. The van der Waals surface area contributed by atoms with Gasteiger partial charge in [0.15, 0.2) is 21.9 Å². The maximum absolute atomic E-state index is 13.5. The molecule has 422 valence electrons. The molecule has 0 atom stereocenters. The largest absolute Gasteiger partial charge is 0.497 e. The molecule has 1 aliphatic rings. The van der Waals surface area contributed by atoms with E-state index in [9.17, 15) is 41.1 Å². The predicted octanol–water partition coefficient (Wildman–Crippen LogP) is 12.1. The number of carbonyl (C=O) groups excluding carboxylic acids is 2. The molecule has 0 spiro atoms. The van der Waals surface area contributed by atoms with Crippen molar-refractivity contribution in [2.75, 3.05) is 38.1 Å². The van der Waals surface area contributed by atoms with Gasteiger partial charge < -0.3 is 31.4 Å². The zero-order valence-electron chi connectivity index (χ0n) is 43.3. The van der Waals surface area contributed by atoms with Crippen molar-refractivity contribution in [3.8, 4) is 11.5 Å². The maximum atomic E-state index is 13.5. The SMILES string of the molecule is COc1ccc(N(C)c2nncc3cc(F)ccc23)cc1.COc1ccc(N(C)c2nncc3ccc(F)cc23)cc1.Fc1ccc2c(Cl)nnc(Cl)c2c1.O=C1OC(=O)c2cc(F)ccc21.O=c1[nH][nH]c(=O)c2cc(F)ccc12.[CH3-].[Pd]. The fraction of sp³-hybridized carbons (Fsp3) is 0.0702. The Balaban J connectivity index is 0.000000167. The standard InChI is InChI=1S/2C16H14FN3O.C8H3Cl2FN2.C8H5FN2O2.C8H3FO3.CH3.Pd/c1-20(13-4-6-14(21-2)7-5-13)16-15-8-3-12(17)9-11(15)10-18-19-16;1-20(13-5-7-14(21-2)8-6-13)16-15-9-12(17)4-3-11(15)10-18-19-16;9-7-5-2-1-4(11)3-6(5)8(10)13-12-7;9-4-1-2-5-6(3-4)8(13)11-10-7(5)12;9-4-1-2-5-6(3-4)8(11)12-7(5)10;;/h2*3-10H,1-2H3;1-3H;1-3H,(H,10,12)(H,11,13);1-3H;1H3;/q;;;;;-1;. The van der Waals surface area contributed by atoms with E-state index in [1.54, 1.807) is 38.7 Å². The summed E-state index contributed by atoms with van der Waals surface area (Å²) >= 11 is 11.4. The number of fused-ring (bicyclic) bond motifs is 5. The Morgan fingerprint density at radius 1 is 0.451 bits per heavy atom. The predicted molar refractivity (Wildman–Crippen MR) is 298 cm³/mol. The van der Waals surface area contributed by atoms with E-state index in [2.05, 4.69) is 45.5 Å². The molecule has 0 unspecified atom stereocenters. The van der Waals surface area contributed by atoms with E-state index in [-0.39, 0.29) is 77.5 Å². The zero-order valence-corrected chi connectivity index (χ0v) is 46.4. The number of hydrogen-bond donors (Lipinski definition) is 2. The Labute approximate surface area is 485 Å². The minimum Gasteiger partial charge on any atom is -0.497 e. The van der Waals surface area contributed by atoms with Gasteiger partial charge in [0, 0.05) is 78.2 Å². The number of hydrogen-bond acceptors (Lipinski definition) is 15. The second-order valence-electron chi connectivity index (χ2n) is 16.8. The first-order chi connectivity index (χ1) is 38.4. The topological polar surface area (TPSA) is 211 Å². The molecule has 0 bridgehead atoms. The molecule has 0 fully saturated rings. The van der Waals surface area contributed by atoms with Gasteiger partial charge in [0.2, 0.25) is 0 Å². The summed E-state index contributed by atoms with van der Waals surface area (Å²) in [6, 6.07) is 35.2. The summed E-state index contributed by atoms with van der Waals surface area (Å²) in [5, 5.41) is 32.5. The second kappa shape index (κ2) is 27.7. The fourth-order valence-electron chi connectivity index (χ4n) is 7.70. The number of carbonyl (C=O) groups is 2. The Hall–Kier alpha value is -9.27. The number of ether oxygens (including phenoxy) is 3. The summed E-state index contributed by atoms with van der Waals surface area (Å²) in [6.45, 7) is 0. The Kier molecular flexibility index (Phi) is 21.0. The van der Waals surface area contributed by atoms with Gasteiger partial charge in [-0.25, -0.2) is 31.5 Å². The van der Waals surface area contributed by atoms with E-state index in [1.165, 1.54) is 54.6 Å². The molecule has 2 N–H and O–H groups in total. The number of aromatic nitrogens is 8. The van der Waals surface area contributed by atoms with Crippen molar-refractivity contribution in [2.45, 2.75) is 0 Å². The van der Waals surface area contributed by atoms with Gasteiger partial charge in [-0.1, -0.05) is 23.2 Å².